The molecule has 1 unspecified atom stereocenters. The van der Waals surface area contributed by atoms with E-state index in [-0.39, 0.29) is 17.7 Å². The summed E-state index contributed by atoms with van der Waals surface area (Å²) in [5.41, 5.74) is 9.46. The van der Waals surface area contributed by atoms with E-state index in [1.807, 2.05) is 37.6 Å². The summed E-state index contributed by atoms with van der Waals surface area (Å²) in [4.78, 5) is 55.8. The van der Waals surface area contributed by atoms with E-state index >= 15 is 0 Å². The van der Waals surface area contributed by atoms with E-state index in [0.717, 1.165) is 111 Å². The van der Waals surface area contributed by atoms with Gasteiger partial charge in [-0.2, -0.15) is 0 Å². The summed E-state index contributed by atoms with van der Waals surface area (Å²) in [5.74, 6) is 0.273. The molecule has 61 heavy (non-hydrogen) atoms. The van der Waals surface area contributed by atoms with Gasteiger partial charge in [-0.25, -0.2) is 9.50 Å². The second-order valence-corrected chi connectivity index (χ2v) is 17.2. The molecule has 14 nitrogen and oxygen atoms in total. The van der Waals surface area contributed by atoms with Crippen LogP contribution in [0.15, 0.2) is 67.1 Å². The Morgan fingerprint density at radius 3 is 2.38 bits per heavy atom. The number of anilines is 5. The number of imide groups is 1. The first-order valence-corrected chi connectivity index (χ1v) is 22.1. The Labute approximate surface area is 361 Å². The third-order valence-electron chi connectivity index (χ3n) is 12.7. The zero-order valence-corrected chi connectivity index (χ0v) is 35.8. The summed E-state index contributed by atoms with van der Waals surface area (Å²) in [7, 11) is 3.45. The molecule has 3 amide bonds. The number of piperazine rings is 1. The highest BCUT2D eigenvalue weighted by Crippen LogP contribution is 2.41. The van der Waals surface area contributed by atoms with Gasteiger partial charge in [0.15, 0.2) is 17.2 Å². The Balaban J connectivity index is 0.00000152. The van der Waals surface area contributed by atoms with Gasteiger partial charge in [0.2, 0.25) is 11.8 Å². The number of pyridine rings is 1. The van der Waals surface area contributed by atoms with Crippen LogP contribution in [0, 0.1) is 5.92 Å². The molecule has 0 radical (unpaired) electrons. The van der Waals surface area contributed by atoms with E-state index in [4.69, 9.17) is 21.7 Å². The fraction of sp³-hybridized carbons (Fsp3) is 0.435. The van der Waals surface area contributed by atoms with Crippen molar-refractivity contribution in [1.82, 2.24) is 35.1 Å². The van der Waals surface area contributed by atoms with Crippen molar-refractivity contribution >= 4 is 63.5 Å². The maximum atomic E-state index is 12.6. The summed E-state index contributed by atoms with van der Waals surface area (Å²) in [6, 6.07) is 16.7. The lowest BCUT2D eigenvalue weighted by Gasteiger charge is -2.40. The van der Waals surface area contributed by atoms with Crippen molar-refractivity contribution in [3.63, 3.8) is 0 Å². The number of benzene rings is 2. The topological polar surface area (TPSA) is 143 Å². The number of fused-ring (bicyclic) bond motifs is 2. The maximum absolute atomic E-state index is 12.6. The van der Waals surface area contributed by atoms with E-state index < -0.39 is 5.92 Å². The second kappa shape index (κ2) is 17.7. The number of halogens is 1. The average molecular weight is 844 g/mol. The minimum atomic E-state index is -0.391. The van der Waals surface area contributed by atoms with Crippen molar-refractivity contribution in [2.24, 2.45) is 5.92 Å². The number of piperidine rings is 2. The number of nitrogens with one attached hydrogen (secondary N) is 3. The monoisotopic (exact) mass is 843 g/mol. The highest BCUT2D eigenvalue weighted by atomic mass is 35.5. The lowest BCUT2D eigenvalue weighted by atomic mass is 9.89. The predicted octanol–water partition coefficient (Wildman–Crippen LogP) is 6.27. The quantitative estimate of drug-likeness (QED) is 0.145. The number of carbonyl (C=O) groups is 3. The van der Waals surface area contributed by atoms with Gasteiger partial charge in [-0.1, -0.05) is 43.0 Å². The fourth-order valence-electron chi connectivity index (χ4n) is 9.16. The van der Waals surface area contributed by atoms with Crippen molar-refractivity contribution in [2.75, 3.05) is 86.5 Å². The molecule has 3 saturated heterocycles. The first-order valence-electron chi connectivity index (χ1n) is 21.8. The maximum Gasteiger partial charge on any atom is 0.271 e. The molecule has 7 heterocycles. The molecule has 3 N–H and O–H groups in total. The zero-order chi connectivity index (χ0) is 42.0. The van der Waals surface area contributed by atoms with Crippen molar-refractivity contribution < 1.29 is 14.4 Å². The van der Waals surface area contributed by atoms with Gasteiger partial charge in [-0.3, -0.25) is 29.6 Å². The van der Waals surface area contributed by atoms with Crippen LogP contribution in [-0.4, -0.2) is 109 Å². The SMILES string of the molecule is C1CC1.CNC(=O)c1cnc2c(NC)cc(N3CCc4c(-c5cncc(N6CCN(CC7CCN(c8ccc(Cl)c(C9CCC(=O)NC9=O)c8)CC7)CC6)c5)cccc43)nn12. The van der Waals surface area contributed by atoms with Crippen molar-refractivity contribution in [2.45, 2.75) is 57.3 Å². The van der Waals surface area contributed by atoms with Gasteiger partial charge < -0.3 is 25.3 Å². The Bertz CT molecular complexity index is 2430. The van der Waals surface area contributed by atoms with Gasteiger partial charge in [0.1, 0.15) is 0 Å². The Kier molecular flexibility index (Phi) is 11.8. The number of carbonyl (C=O) groups excluding carboxylic acids is 3. The van der Waals surface area contributed by atoms with Crippen molar-refractivity contribution in [1.29, 1.82) is 0 Å². The minimum Gasteiger partial charge on any atom is -0.385 e. The van der Waals surface area contributed by atoms with Crippen LogP contribution in [0.3, 0.4) is 0 Å². The summed E-state index contributed by atoms with van der Waals surface area (Å²) < 4.78 is 1.61. The Morgan fingerprint density at radius 1 is 0.852 bits per heavy atom. The molecule has 0 bridgehead atoms. The molecule has 0 spiro atoms. The number of imidazole rings is 1. The van der Waals surface area contributed by atoms with Crippen molar-refractivity contribution in [3.8, 4) is 11.1 Å². The lowest BCUT2D eigenvalue weighted by Crippen LogP contribution is -2.49. The number of nitrogens with zero attached hydrogens (tertiary/aromatic N) is 8. The molecule has 2 aromatic carbocycles. The first kappa shape index (κ1) is 40.7. The van der Waals surface area contributed by atoms with Crippen LogP contribution < -0.4 is 30.7 Å². The fourth-order valence-corrected chi connectivity index (χ4v) is 9.41. The largest absolute Gasteiger partial charge is 0.385 e. The van der Waals surface area contributed by atoms with Crippen LogP contribution >= 0.6 is 11.6 Å². The highest BCUT2D eigenvalue weighted by molar-refractivity contribution is 6.31. The molecule has 15 heteroatoms. The Morgan fingerprint density at radius 2 is 1.64 bits per heavy atom. The van der Waals surface area contributed by atoms with Gasteiger partial charge in [0, 0.05) is 107 Å². The molecule has 4 fully saturated rings. The second-order valence-electron chi connectivity index (χ2n) is 16.7. The van der Waals surface area contributed by atoms with Crippen LogP contribution in [0.1, 0.15) is 72.5 Å². The molecular formula is C46H54ClN11O3. The summed E-state index contributed by atoms with van der Waals surface area (Å²) in [5, 5.41) is 13.8. The third-order valence-corrected chi connectivity index (χ3v) is 13.0. The van der Waals surface area contributed by atoms with Crippen LogP contribution in [0.25, 0.3) is 16.8 Å². The summed E-state index contributed by atoms with van der Waals surface area (Å²) in [6.07, 6.45) is 13.9. The molecule has 5 aromatic rings. The predicted molar refractivity (Wildman–Crippen MR) is 240 cm³/mol. The van der Waals surface area contributed by atoms with Gasteiger partial charge in [-0.15, -0.1) is 5.10 Å². The molecule has 10 rings (SSSR count). The van der Waals surface area contributed by atoms with E-state index in [2.05, 4.69) is 70.9 Å². The molecule has 1 atom stereocenters. The number of aromatic nitrogens is 4. The highest BCUT2D eigenvalue weighted by Gasteiger charge is 2.31. The van der Waals surface area contributed by atoms with E-state index in [1.54, 1.807) is 17.8 Å². The number of hydrogen-bond acceptors (Lipinski definition) is 11. The molecule has 4 aliphatic heterocycles. The van der Waals surface area contributed by atoms with Crippen LogP contribution in [0.4, 0.5) is 28.6 Å². The molecular weight excluding hydrogens is 790 g/mol. The zero-order valence-electron chi connectivity index (χ0n) is 35.0. The number of hydrogen-bond donors (Lipinski definition) is 3. The van der Waals surface area contributed by atoms with Crippen LogP contribution in [-0.2, 0) is 16.0 Å². The van der Waals surface area contributed by atoms with Gasteiger partial charge >= 0.3 is 0 Å². The first-order chi connectivity index (χ1) is 29.8. The molecule has 3 aromatic heterocycles. The summed E-state index contributed by atoms with van der Waals surface area (Å²) in [6.45, 7) is 7.71. The van der Waals surface area contributed by atoms with E-state index in [0.29, 0.717) is 35.1 Å². The minimum absolute atomic E-state index is 0.216. The van der Waals surface area contributed by atoms with Crippen molar-refractivity contribution in [3.05, 3.63) is 89.0 Å². The molecule has 1 aliphatic carbocycles. The lowest BCUT2D eigenvalue weighted by molar-refractivity contribution is -0.134. The smallest absolute Gasteiger partial charge is 0.271 e. The standard InChI is InChI=1S/C43H48ClN11O3.C3H6/c1-45-36-22-39(50-55-38(43(58)46-2)25-48-41(36)55)54-15-12-32-31(4-3-5-37(32)54)28-20-30(24-47-23-28)53-18-16-51(17-19-53)26-27-10-13-52(14-11-27)29-6-8-35(44)34(21-29)33-7-9-40(56)49-42(33)57;1-2-3-1/h3-6,8,20-25,27,33,45H,7,9-19,26H2,1-2H3,(H,46,58)(H,49,56,57);1-3H2. The van der Waals surface area contributed by atoms with Crippen LogP contribution in [0.5, 0.6) is 0 Å². The third kappa shape index (κ3) is 8.60. The van der Waals surface area contributed by atoms with Crippen LogP contribution in [0.2, 0.25) is 5.02 Å². The van der Waals surface area contributed by atoms with Gasteiger partial charge in [0.25, 0.3) is 5.91 Å². The van der Waals surface area contributed by atoms with Gasteiger partial charge in [-0.05, 0) is 78.6 Å². The summed E-state index contributed by atoms with van der Waals surface area (Å²) >= 11 is 6.55. The van der Waals surface area contributed by atoms with E-state index in [1.165, 1.54) is 30.4 Å². The molecule has 1 saturated carbocycles. The number of rotatable bonds is 9. The van der Waals surface area contributed by atoms with E-state index in [9.17, 15) is 14.4 Å². The molecule has 5 aliphatic rings. The number of amides is 3. The Hall–Kier alpha value is -5.73. The average Bonchev–Trinajstić information content (AvgIpc) is 4.02. The molecule has 318 valence electrons. The normalized spacial score (nSPS) is 19.3. The van der Waals surface area contributed by atoms with Gasteiger partial charge in [0.05, 0.1) is 29.7 Å².